The van der Waals surface area contributed by atoms with Crippen molar-refractivity contribution in [1.82, 2.24) is 5.32 Å². The Morgan fingerprint density at radius 2 is 1.77 bits per heavy atom. The fourth-order valence-corrected chi connectivity index (χ4v) is 2.95. The lowest BCUT2D eigenvalue weighted by atomic mass is 10.1. The SMILES string of the molecule is O=C(COC(=O)CNC(=O)c1cccs1)Nc1ccc2ccccc2c1. The third-order valence-corrected chi connectivity index (χ3v) is 4.40. The van der Waals surface area contributed by atoms with Crippen LogP contribution in [-0.4, -0.2) is 30.9 Å². The predicted octanol–water partition coefficient (Wildman–Crippen LogP) is 2.81. The standard InChI is InChI=1S/C19H16N2O4S/c22-17(21-15-8-7-13-4-1-2-5-14(13)10-15)12-25-18(23)11-20-19(24)16-6-3-9-26-16/h1-10H,11-12H2,(H,20,24)(H,21,22). The maximum Gasteiger partial charge on any atom is 0.325 e. The molecule has 6 nitrogen and oxygen atoms in total. The summed E-state index contributed by atoms with van der Waals surface area (Å²) in [6, 6.07) is 16.7. The normalized spacial score (nSPS) is 10.3. The summed E-state index contributed by atoms with van der Waals surface area (Å²) in [7, 11) is 0. The van der Waals surface area contributed by atoms with Crippen molar-refractivity contribution in [2.45, 2.75) is 0 Å². The van der Waals surface area contributed by atoms with Crippen molar-refractivity contribution in [1.29, 1.82) is 0 Å². The Labute approximate surface area is 153 Å². The number of anilines is 1. The highest BCUT2D eigenvalue weighted by Gasteiger charge is 2.11. The van der Waals surface area contributed by atoms with E-state index in [1.54, 1.807) is 23.6 Å². The number of hydrogen-bond acceptors (Lipinski definition) is 5. The van der Waals surface area contributed by atoms with Gasteiger partial charge >= 0.3 is 5.97 Å². The molecule has 0 saturated carbocycles. The molecule has 0 atom stereocenters. The number of nitrogens with one attached hydrogen (secondary N) is 2. The molecule has 0 spiro atoms. The van der Waals surface area contributed by atoms with Crippen LogP contribution in [0.25, 0.3) is 10.8 Å². The van der Waals surface area contributed by atoms with Crippen molar-refractivity contribution in [2.24, 2.45) is 0 Å². The number of benzene rings is 2. The van der Waals surface area contributed by atoms with Crippen molar-refractivity contribution in [3.05, 3.63) is 64.9 Å². The second-order valence-electron chi connectivity index (χ2n) is 5.43. The van der Waals surface area contributed by atoms with E-state index in [0.29, 0.717) is 10.6 Å². The highest BCUT2D eigenvalue weighted by molar-refractivity contribution is 7.12. The van der Waals surface area contributed by atoms with Crippen molar-refractivity contribution >= 4 is 45.6 Å². The van der Waals surface area contributed by atoms with E-state index in [2.05, 4.69) is 10.6 Å². The fraction of sp³-hybridized carbons (Fsp3) is 0.105. The fourth-order valence-electron chi connectivity index (χ4n) is 2.31. The zero-order chi connectivity index (χ0) is 18.4. The molecule has 0 unspecified atom stereocenters. The number of ether oxygens (including phenoxy) is 1. The summed E-state index contributed by atoms with van der Waals surface area (Å²) in [5.41, 5.74) is 0.621. The monoisotopic (exact) mass is 368 g/mol. The molecule has 132 valence electrons. The van der Waals surface area contributed by atoms with E-state index >= 15 is 0 Å². The largest absolute Gasteiger partial charge is 0.454 e. The molecule has 2 N–H and O–H groups in total. The van der Waals surface area contributed by atoms with Crippen LogP contribution in [0.2, 0.25) is 0 Å². The van der Waals surface area contributed by atoms with Gasteiger partial charge in [0.15, 0.2) is 6.61 Å². The molecule has 0 radical (unpaired) electrons. The van der Waals surface area contributed by atoms with Crippen LogP contribution in [-0.2, 0) is 14.3 Å². The van der Waals surface area contributed by atoms with Gasteiger partial charge < -0.3 is 15.4 Å². The first-order valence-electron chi connectivity index (χ1n) is 7.88. The molecule has 1 heterocycles. The number of amides is 2. The highest BCUT2D eigenvalue weighted by atomic mass is 32.1. The number of fused-ring (bicyclic) bond motifs is 1. The van der Waals surface area contributed by atoms with Gasteiger partial charge in [-0.05, 0) is 34.4 Å². The lowest BCUT2D eigenvalue weighted by Crippen LogP contribution is -2.31. The van der Waals surface area contributed by atoms with E-state index in [-0.39, 0.29) is 12.5 Å². The van der Waals surface area contributed by atoms with Gasteiger partial charge in [-0.15, -0.1) is 11.3 Å². The molecule has 0 bridgehead atoms. The van der Waals surface area contributed by atoms with E-state index < -0.39 is 18.5 Å². The minimum absolute atomic E-state index is 0.292. The molecule has 1 aromatic heterocycles. The van der Waals surface area contributed by atoms with Crippen molar-refractivity contribution in [3.8, 4) is 0 Å². The van der Waals surface area contributed by atoms with Gasteiger partial charge in [0.2, 0.25) is 0 Å². The van der Waals surface area contributed by atoms with Gasteiger partial charge in [-0.25, -0.2) is 0 Å². The van der Waals surface area contributed by atoms with Crippen LogP contribution in [0.1, 0.15) is 9.67 Å². The van der Waals surface area contributed by atoms with E-state index in [0.717, 1.165) is 10.8 Å². The van der Waals surface area contributed by atoms with Crippen LogP contribution in [0.3, 0.4) is 0 Å². The van der Waals surface area contributed by atoms with Gasteiger partial charge in [0.05, 0.1) is 4.88 Å². The predicted molar refractivity (Wildman–Crippen MR) is 100 cm³/mol. The number of thiophene rings is 1. The summed E-state index contributed by atoms with van der Waals surface area (Å²) in [6.45, 7) is -0.708. The van der Waals surface area contributed by atoms with Crippen LogP contribution >= 0.6 is 11.3 Å². The van der Waals surface area contributed by atoms with Crippen LogP contribution in [0.15, 0.2) is 60.0 Å². The maximum absolute atomic E-state index is 11.9. The molecule has 2 aromatic carbocycles. The topological polar surface area (TPSA) is 84.5 Å². The molecule has 3 aromatic rings. The van der Waals surface area contributed by atoms with Crippen molar-refractivity contribution in [2.75, 3.05) is 18.5 Å². The Kier molecular flexibility index (Phi) is 5.60. The van der Waals surface area contributed by atoms with Crippen LogP contribution in [0, 0.1) is 0 Å². The molecule has 0 saturated heterocycles. The van der Waals surface area contributed by atoms with Gasteiger partial charge in [-0.3, -0.25) is 14.4 Å². The average molecular weight is 368 g/mol. The van der Waals surface area contributed by atoms with E-state index in [1.165, 1.54) is 11.3 Å². The quantitative estimate of drug-likeness (QED) is 0.655. The van der Waals surface area contributed by atoms with E-state index in [9.17, 15) is 14.4 Å². The zero-order valence-electron chi connectivity index (χ0n) is 13.7. The average Bonchev–Trinajstić information content (AvgIpc) is 3.19. The third-order valence-electron chi connectivity index (χ3n) is 3.54. The molecule has 3 rings (SSSR count). The molecule has 0 aliphatic carbocycles. The smallest absolute Gasteiger partial charge is 0.325 e. The minimum Gasteiger partial charge on any atom is -0.454 e. The van der Waals surface area contributed by atoms with E-state index in [1.807, 2.05) is 36.4 Å². The summed E-state index contributed by atoms with van der Waals surface area (Å²) in [4.78, 5) is 35.8. The first-order valence-corrected chi connectivity index (χ1v) is 8.76. The van der Waals surface area contributed by atoms with Crippen LogP contribution in [0.4, 0.5) is 5.69 Å². The lowest BCUT2D eigenvalue weighted by molar-refractivity contribution is -0.146. The zero-order valence-corrected chi connectivity index (χ0v) is 14.5. The molecule has 7 heteroatoms. The molecular weight excluding hydrogens is 352 g/mol. The maximum atomic E-state index is 11.9. The van der Waals surface area contributed by atoms with Gasteiger partial charge in [0, 0.05) is 5.69 Å². The van der Waals surface area contributed by atoms with Crippen molar-refractivity contribution in [3.63, 3.8) is 0 Å². The Balaban J connectivity index is 1.44. The number of hydrogen-bond donors (Lipinski definition) is 2. The Bertz CT molecular complexity index is 938. The van der Waals surface area contributed by atoms with Gasteiger partial charge in [-0.2, -0.15) is 0 Å². The molecule has 0 aliphatic heterocycles. The first kappa shape index (κ1) is 17.6. The molecular formula is C19H16N2O4S. The molecule has 26 heavy (non-hydrogen) atoms. The highest BCUT2D eigenvalue weighted by Crippen LogP contribution is 2.18. The minimum atomic E-state index is -0.677. The van der Waals surface area contributed by atoms with E-state index in [4.69, 9.17) is 4.74 Å². The van der Waals surface area contributed by atoms with Crippen LogP contribution < -0.4 is 10.6 Å². The van der Waals surface area contributed by atoms with Gasteiger partial charge in [0.1, 0.15) is 6.54 Å². The Morgan fingerprint density at radius 3 is 2.54 bits per heavy atom. The van der Waals surface area contributed by atoms with Crippen molar-refractivity contribution < 1.29 is 19.1 Å². The molecule has 0 fully saturated rings. The number of rotatable bonds is 6. The summed E-state index contributed by atoms with van der Waals surface area (Å²) in [5.74, 6) is -1.47. The van der Waals surface area contributed by atoms with Crippen LogP contribution in [0.5, 0.6) is 0 Å². The number of esters is 1. The lowest BCUT2D eigenvalue weighted by Gasteiger charge is -2.08. The number of carbonyl (C=O) groups is 3. The Morgan fingerprint density at radius 1 is 0.962 bits per heavy atom. The second kappa shape index (κ2) is 8.26. The van der Waals surface area contributed by atoms with Gasteiger partial charge in [0.25, 0.3) is 11.8 Å². The molecule has 2 amide bonds. The summed E-state index contributed by atoms with van der Waals surface area (Å²) >= 11 is 1.27. The second-order valence-corrected chi connectivity index (χ2v) is 6.38. The summed E-state index contributed by atoms with van der Waals surface area (Å²) in [5, 5.41) is 8.95. The number of carbonyl (C=O) groups excluding carboxylic acids is 3. The molecule has 0 aliphatic rings. The third kappa shape index (κ3) is 4.67. The Hall–Kier alpha value is -3.19. The summed E-state index contributed by atoms with van der Waals surface area (Å²) in [6.07, 6.45) is 0. The van der Waals surface area contributed by atoms with Gasteiger partial charge in [-0.1, -0.05) is 36.4 Å². The first-order chi connectivity index (χ1) is 12.6. The summed E-state index contributed by atoms with van der Waals surface area (Å²) < 4.78 is 4.87.